The molecule has 0 saturated heterocycles. The summed E-state index contributed by atoms with van der Waals surface area (Å²) < 4.78 is 0. The zero-order valence-corrected chi connectivity index (χ0v) is 10.3. The summed E-state index contributed by atoms with van der Waals surface area (Å²) in [5.41, 5.74) is 0.903. The molecular weight excluding hydrogens is 216 g/mol. The summed E-state index contributed by atoms with van der Waals surface area (Å²) in [4.78, 5) is 17.2. The van der Waals surface area contributed by atoms with Gasteiger partial charge in [0.15, 0.2) is 0 Å². The summed E-state index contributed by atoms with van der Waals surface area (Å²) in [5.74, 6) is 0.180. The van der Waals surface area contributed by atoms with Gasteiger partial charge in [-0.25, -0.2) is 4.98 Å². The van der Waals surface area contributed by atoms with Crippen molar-refractivity contribution in [2.45, 2.75) is 31.1 Å². The van der Waals surface area contributed by atoms with Crippen molar-refractivity contribution in [3.63, 3.8) is 0 Å². The van der Waals surface area contributed by atoms with E-state index in [2.05, 4.69) is 4.98 Å². The number of aromatic nitrogens is 1. The fourth-order valence-electron chi connectivity index (χ4n) is 2.42. The maximum Gasteiger partial charge on any atom is 0.304 e. The minimum Gasteiger partial charge on any atom is -0.481 e. The van der Waals surface area contributed by atoms with E-state index in [9.17, 15) is 4.79 Å². The molecule has 0 amide bonds. The summed E-state index contributed by atoms with van der Waals surface area (Å²) >= 11 is 0. The molecule has 0 aliphatic heterocycles. The molecule has 2 rings (SSSR count). The van der Waals surface area contributed by atoms with Crippen LogP contribution in [0.4, 0.5) is 5.82 Å². The first-order chi connectivity index (χ1) is 8.03. The van der Waals surface area contributed by atoms with E-state index in [0.717, 1.165) is 30.6 Å². The van der Waals surface area contributed by atoms with Gasteiger partial charge in [0.05, 0.1) is 6.42 Å². The van der Waals surface area contributed by atoms with E-state index in [1.807, 2.05) is 37.3 Å². The van der Waals surface area contributed by atoms with E-state index >= 15 is 0 Å². The summed E-state index contributed by atoms with van der Waals surface area (Å²) in [6, 6.07) is 3.97. The third-order valence-corrected chi connectivity index (χ3v) is 3.62. The Morgan fingerprint density at radius 3 is 2.53 bits per heavy atom. The quantitative estimate of drug-likeness (QED) is 0.866. The van der Waals surface area contributed by atoms with Crippen molar-refractivity contribution in [1.82, 2.24) is 4.98 Å². The van der Waals surface area contributed by atoms with Gasteiger partial charge in [0, 0.05) is 25.7 Å². The van der Waals surface area contributed by atoms with Crippen molar-refractivity contribution in [3.05, 3.63) is 23.9 Å². The van der Waals surface area contributed by atoms with Gasteiger partial charge in [0.25, 0.3) is 0 Å². The molecule has 1 aromatic heterocycles. The molecule has 92 valence electrons. The van der Waals surface area contributed by atoms with Crippen LogP contribution in [0.1, 0.15) is 31.2 Å². The molecule has 1 aliphatic carbocycles. The van der Waals surface area contributed by atoms with E-state index in [1.54, 1.807) is 0 Å². The maximum absolute atomic E-state index is 10.9. The van der Waals surface area contributed by atoms with Crippen LogP contribution in [0, 0.1) is 0 Å². The Balaban J connectivity index is 2.23. The Morgan fingerprint density at radius 2 is 2.18 bits per heavy atom. The molecule has 0 unspecified atom stereocenters. The predicted octanol–water partition coefficient (Wildman–Crippen LogP) is 2.04. The standard InChI is InChI=1S/C13H18N2O2/c1-15(2)11-5-4-10(9-14-11)13(6-3-7-13)8-12(16)17/h4-5,9H,3,6-8H2,1-2H3,(H,16,17). The second-order valence-corrected chi connectivity index (χ2v) is 5.00. The number of nitrogens with zero attached hydrogens (tertiary/aromatic N) is 2. The normalized spacial score (nSPS) is 17.3. The minimum atomic E-state index is -0.721. The molecule has 1 N–H and O–H groups in total. The number of hydrogen-bond donors (Lipinski definition) is 1. The van der Waals surface area contributed by atoms with Gasteiger partial charge in [-0.05, 0) is 24.5 Å². The van der Waals surface area contributed by atoms with Gasteiger partial charge < -0.3 is 10.0 Å². The molecule has 0 aromatic carbocycles. The van der Waals surface area contributed by atoms with Crippen LogP contribution in [-0.2, 0) is 10.2 Å². The molecule has 1 saturated carbocycles. The van der Waals surface area contributed by atoms with Crippen molar-refractivity contribution >= 4 is 11.8 Å². The van der Waals surface area contributed by atoms with Crippen molar-refractivity contribution in [3.8, 4) is 0 Å². The van der Waals surface area contributed by atoms with Crippen LogP contribution in [0.25, 0.3) is 0 Å². The molecule has 0 bridgehead atoms. The first-order valence-corrected chi connectivity index (χ1v) is 5.89. The Morgan fingerprint density at radius 1 is 1.47 bits per heavy atom. The van der Waals surface area contributed by atoms with Gasteiger partial charge >= 0.3 is 5.97 Å². The topological polar surface area (TPSA) is 53.4 Å². The van der Waals surface area contributed by atoms with Gasteiger partial charge in [-0.1, -0.05) is 12.5 Å². The summed E-state index contributed by atoms with van der Waals surface area (Å²) in [5, 5.41) is 8.99. The van der Waals surface area contributed by atoms with Gasteiger partial charge in [0.1, 0.15) is 5.82 Å². The zero-order chi connectivity index (χ0) is 12.5. The Labute approximate surface area is 101 Å². The highest BCUT2D eigenvalue weighted by atomic mass is 16.4. The molecule has 1 aromatic rings. The lowest BCUT2D eigenvalue weighted by Crippen LogP contribution is -2.36. The second-order valence-electron chi connectivity index (χ2n) is 5.00. The highest BCUT2D eigenvalue weighted by Gasteiger charge is 2.40. The smallest absolute Gasteiger partial charge is 0.304 e. The van der Waals surface area contributed by atoms with Crippen molar-refractivity contribution in [2.75, 3.05) is 19.0 Å². The van der Waals surface area contributed by atoms with Gasteiger partial charge in [-0.3, -0.25) is 4.79 Å². The molecule has 1 heterocycles. The fraction of sp³-hybridized carbons (Fsp3) is 0.538. The third kappa shape index (κ3) is 2.25. The highest BCUT2D eigenvalue weighted by molar-refractivity contribution is 5.69. The molecule has 17 heavy (non-hydrogen) atoms. The number of pyridine rings is 1. The summed E-state index contributed by atoms with van der Waals surface area (Å²) in [6.45, 7) is 0. The summed E-state index contributed by atoms with van der Waals surface area (Å²) in [6.07, 6.45) is 5.08. The second kappa shape index (κ2) is 4.35. The van der Waals surface area contributed by atoms with Gasteiger partial charge in [-0.15, -0.1) is 0 Å². The molecule has 4 heteroatoms. The number of aliphatic carboxylic acids is 1. The summed E-state index contributed by atoms with van der Waals surface area (Å²) in [7, 11) is 3.89. The first-order valence-electron chi connectivity index (χ1n) is 5.89. The molecule has 0 spiro atoms. The van der Waals surface area contributed by atoms with E-state index in [1.165, 1.54) is 0 Å². The van der Waals surface area contributed by atoms with Crippen LogP contribution in [-0.4, -0.2) is 30.2 Å². The lowest BCUT2D eigenvalue weighted by Gasteiger charge is -2.41. The van der Waals surface area contributed by atoms with Gasteiger partial charge in [0.2, 0.25) is 0 Å². The number of carboxylic acids is 1. The van der Waals surface area contributed by atoms with Gasteiger partial charge in [-0.2, -0.15) is 0 Å². The largest absolute Gasteiger partial charge is 0.481 e. The van der Waals surface area contributed by atoms with Crippen LogP contribution in [0.5, 0.6) is 0 Å². The van der Waals surface area contributed by atoms with E-state index in [4.69, 9.17) is 5.11 Å². The lowest BCUT2D eigenvalue weighted by atomic mass is 9.63. The SMILES string of the molecule is CN(C)c1ccc(C2(CC(=O)O)CCC2)cn1. The Kier molecular flexibility index (Phi) is 3.05. The first kappa shape index (κ1) is 11.9. The van der Waals surface area contributed by atoms with Crippen LogP contribution in [0.15, 0.2) is 18.3 Å². The number of carboxylic acid groups (broad SMARTS) is 1. The van der Waals surface area contributed by atoms with Crippen LogP contribution >= 0.6 is 0 Å². The molecule has 1 fully saturated rings. The van der Waals surface area contributed by atoms with Crippen molar-refractivity contribution in [2.24, 2.45) is 0 Å². The molecular formula is C13H18N2O2. The average Bonchev–Trinajstić information content (AvgIpc) is 2.23. The number of hydrogen-bond acceptors (Lipinski definition) is 3. The van der Waals surface area contributed by atoms with Crippen LogP contribution in [0.2, 0.25) is 0 Å². The molecule has 4 nitrogen and oxygen atoms in total. The van der Waals surface area contributed by atoms with E-state index in [-0.39, 0.29) is 11.8 Å². The molecule has 0 atom stereocenters. The third-order valence-electron chi connectivity index (χ3n) is 3.62. The number of anilines is 1. The Bertz CT molecular complexity index is 408. The van der Waals surface area contributed by atoms with Crippen LogP contribution in [0.3, 0.4) is 0 Å². The van der Waals surface area contributed by atoms with Crippen molar-refractivity contribution < 1.29 is 9.90 Å². The average molecular weight is 234 g/mol. The fourth-order valence-corrected chi connectivity index (χ4v) is 2.42. The Hall–Kier alpha value is -1.58. The molecule has 1 aliphatic rings. The number of rotatable bonds is 4. The predicted molar refractivity (Wildman–Crippen MR) is 66.3 cm³/mol. The minimum absolute atomic E-state index is 0.163. The molecule has 0 radical (unpaired) electrons. The van der Waals surface area contributed by atoms with Crippen LogP contribution < -0.4 is 4.90 Å². The maximum atomic E-state index is 10.9. The zero-order valence-electron chi connectivity index (χ0n) is 10.3. The van der Waals surface area contributed by atoms with E-state index < -0.39 is 5.97 Å². The van der Waals surface area contributed by atoms with Crippen molar-refractivity contribution in [1.29, 1.82) is 0 Å². The monoisotopic (exact) mass is 234 g/mol. The lowest BCUT2D eigenvalue weighted by molar-refractivity contribution is -0.139. The number of carbonyl (C=O) groups is 1. The highest BCUT2D eigenvalue weighted by Crippen LogP contribution is 2.46. The van der Waals surface area contributed by atoms with E-state index in [0.29, 0.717) is 0 Å².